The number of halogens is 3. The van der Waals surface area contributed by atoms with Gasteiger partial charge in [-0.3, -0.25) is 4.90 Å². The van der Waals surface area contributed by atoms with Gasteiger partial charge < -0.3 is 10.1 Å². The van der Waals surface area contributed by atoms with Crippen LogP contribution < -0.4 is 10.1 Å². The van der Waals surface area contributed by atoms with Gasteiger partial charge in [-0.25, -0.2) is 0 Å². The molecule has 0 bridgehead atoms. The summed E-state index contributed by atoms with van der Waals surface area (Å²) in [5.41, 5.74) is 1.18. The van der Waals surface area contributed by atoms with Gasteiger partial charge in [-0.2, -0.15) is 8.78 Å². The first-order chi connectivity index (χ1) is 10.6. The molecule has 23 heavy (non-hydrogen) atoms. The molecule has 0 amide bonds. The van der Waals surface area contributed by atoms with Gasteiger partial charge in [0.25, 0.3) is 0 Å². The van der Waals surface area contributed by atoms with Crippen LogP contribution in [0, 0.1) is 5.92 Å². The second-order valence-corrected chi connectivity index (χ2v) is 5.94. The van der Waals surface area contributed by atoms with Crippen LogP contribution in [0.25, 0.3) is 0 Å². The van der Waals surface area contributed by atoms with Gasteiger partial charge in [0, 0.05) is 32.2 Å². The van der Waals surface area contributed by atoms with Crippen molar-refractivity contribution in [3.8, 4) is 5.75 Å². The van der Waals surface area contributed by atoms with Crippen LogP contribution in [-0.2, 0) is 0 Å². The number of nitrogens with zero attached hydrogens (tertiary/aromatic N) is 1. The molecule has 1 unspecified atom stereocenters. The predicted molar refractivity (Wildman–Crippen MR) is 91.6 cm³/mol. The Hall–Kier alpha value is -0.910. The van der Waals surface area contributed by atoms with Gasteiger partial charge >= 0.3 is 6.61 Å². The molecule has 0 aromatic heterocycles. The molecule has 0 aliphatic carbocycles. The van der Waals surface area contributed by atoms with Crippen molar-refractivity contribution < 1.29 is 13.5 Å². The van der Waals surface area contributed by atoms with Crippen LogP contribution in [0.1, 0.15) is 38.3 Å². The Kier molecular flexibility index (Phi) is 8.81. The molecule has 1 heterocycles. The van der Waals surface area contributed by atoms with E-state index in [1.807, 2.05) is 12.1 Å². The lowest BCUT2D eigenvalue weighted by atomic mass is 9.89. The molecule has 1 N–H and O–H groups in total. The summed E-state index contributed by atoms with van der Waals surface area (Å²) in [7, 11) is 0. The Balaban J connectivity index is 0.00000264. The van der Waals surface area contributed by atoms with Gasteiger partial charge in [-0.15, -0.1) is 12.4 Å². The van der Waals surface area contributed by atoms with Crippen molar-refractivity contribution in [1.29, 1.82) is 0 Å². The molecule has 0 radical (unpaired) electrons. The van der Waals surface area contributed by atoms with Crippen molar-refractivity contribution in [3.63, 3.8) is 0 Å². The molecule has 0 spiro atoms. The molecule has 6 heteroatoms. The van der Waals surface area contributed by atoms with Crippen molar-refractivity contribution in [3.05, 3.63) is 29.8 Å². The number of alkyl halides is 2. The maximum atomic E-state index is 12.3. The Morgan fingerprint density at radius 2 is 1.78 bits per heavy atom. The zero-order valence-electron chi connectivity index (χ0n) is 13.8. The zero-order chi connectivity index (χ0) is 15.9. The highest BCUT2D eigenvalue weighted by atomic mass is 35.5. The second-order valence-electron chi connectivity index (χ2n) is 5.94. The lowest BCUT2D eigenvalue weighted by Crippen LogP contribution is -2.46. The smallest absolute Gasteiger partial charge is 0.387 e. The molecule has 1 aromatic carbocycles. The highest BCUT2D eigenvalue weighted by Gasteiger charge is 2.26. The summed E-state index contributed by atoms with van der Waals surface area (Å²) in [4.78, 5) is 2.50. The maximum Gasteiger partial charge on any atom is 0.387 e. The number of rotatable bonds is 7. The molecule has 1 aromatic rings. The van der Waals surface area contributed by atoms with Gasteiger partial charge in [-0.1, -0.05) is 32.4 Å². The molecule has 1 aliphatic rings. The van der Waals surface area contributed by atoms with Crippen LogP contribution >= 0.6 is 12.4 Å². The minimum Gasteiger partial charge on any atom is -0.435 e. The summed E-state index contributed by atoms with van der Waals surface area (Å²) in [5.74, 6) is 0.755. The minimum absolute atomic E-state index is 0. The van der Waals surface area contributed by atoms with E-state index in [2.05, 4.69) is 28.8 Å². The monoisotopic (exact) mass is 348 g/mol. The number of hydrogen-bond acceptors (Lipinski definition) is 3. The summed E-state index contributed by atoms with van der Waals surface area (Å²) in [6.45, 7) is 5.75. The highest BCUT2D eigenvalue weighted by molar-refractivity contribution is 5.85. The van der Waals surface area contributed by atoms with Crippen LogP contribution in [0.15, 0.2) is 24.3 Å². The first-order valence-corrected chi connectivity index (χ1v) is 8.11. The van der Waals surface area contributed by atoms with Crippen LogP contribution in [0.2, 0.25) is 0 Å². The fraction of sp³-hybridized carbons (Fsp3) is 0.647. The van der Waals surface area contributed by atoms with Crippen molar-refractivity contribution in [2.24, 2.45) is 5.92 Å². The van der Waals surface area contributed by atoms with E-state index < -0.39 is 6.61 Å². The molecule has 1 fully saturated rings. The van der Waals surface area contributed by atoms with E-state index in [-0.39, 0.29) is 18.2 Å². The summed E-state index contributed by atoms with van der Waals surface area (Å²) in [6.07, 6.45) is 2.31. The van der Waals surface area contributed by atoms with Gasteiger partial charge in [0.2, 0.25) is 0 Å². The minimum atomic E-state index is -2.77. The van der Waals surface area contributed by atoms with Crippen molar-refractivity contribution >= 4 is 12.4 Å². The van der Waals surface area contributed by atoms with E-state index in [0.717, 1.165) is 39.0 Å². The summed E-state index contributed by atoms with van der Waals surface area (Å²) in [5, 5.41) is 3.38. The Morgan fingerprint density at radius 3 is 2.30 bits per heavy atom. The second kappa shape index (κ2) is 10.1. The van der Waals surface area contributed by atoms with E-state index in [0.29, 0.717) is 12.0 Å². The standard InChI is InChI=1S/C17H26F2N2O.ClH/c1-3-4-13(2)16(21-11-9-20-10-12-21)14-5-7-15(8-6-14)22-17(18)19;/h5-8,13,16-17,20H,3-4,9-12H2,1-2H3;1H/t13?,16-;/m0./s1. The Morgan fingerprint density at radius 1 is 1.17 bits per heavy atom. The van der Waals surface area contributed by atoms with Crippen LogP contribution in [-0.4, -0.2) is 37.7 Å². The summed E-state index contributed by atoms with van der Waals surface area (Å²) >= 11 is 0. The molecule has 1 saturated heterocycles. The van der Waals surface area contributed by atoms with E-state index >= 15 is 0 Å². The number of hydrogen-bond donors (Lipinski definition) is 1. The fourth-order valence-electron chi connectivity index (χ4n) is 3.32. The van der Waals surface area contributed by atoms with E-state index in [1.54, 1.807) is 12.1 Å². The predicted octanol–water partition coefficient (Wildman–Crippen LogP) is 4.09. The lowest BCUT2D eigenvalue weighted by Gasteiger charge is -2.38. The highest BCUT2D eigenvalue weighted by Crippen LogP contribution is 2.32. The molecule has 1 aliphatic heterocycles. The average Bonchev–Trinajstić information content (AvgIpc) is 2.50. The van der Waals surface area contributed by atoms with Gasteiger partial charge in [-0.05, 0) is 30.0 Å². The van der Waals surface area contributed by atoms with Crippen molar-refractivity contribution in [2.75, 3.05) is 26.2 Å². The number of nitrogens with one attached hydrogen (secondary N) is 1. The quantitative estimate of drug-likeness (QED) is 0.803. The summed E-state index contributed by atoms with van der Waals surface area (Å²) in [6, 6.07) is 7.49. The van der Waals surface area contributed by atoms with E-state index in [1.165, 1.54) is 5.56 Å². The average molecular weight is 349 g/mol. The molecule has 2 atom stereocenters. The molecule has 2 rings (SSSR count). The lowest BCUT2D eigenvalue weighted by molar-refractivity contribution is -0.0498. The Bertz CT molecular complexity index is 439. The maximum absolute atomic E-state index is 12.3. The van der Waals surface area contributed by atoms with E-state index in [9.17, 15) is 8.78 Å². The first kappa shape index (κ1) is 20.1. The largest absolute Gasteiger partial charge is 0.435 e. The number of benzene rings is 1. The third-order valence-corrected chi connectivity index (χ3v) is 4.27. The van der Waals surface area contributed by atoms with Crippen LogP contribution in [0.5, 0.6) is 5.75 Å². The normalized spacial score (nSPS) is 18.3. The van der Waals surface area contributed by atoms with Crippen LogP contribution in [0.3, 0.4) is 0 Å². The summed E-state index contributed by atoms with van der Waals surface area (Å²) < 4.78 is 29.0. The van der Waals surface area contributed by atoms with Gasteiger partial charge in [0.05, 0.1) is 0 Å². The molecule has 3 nitrogen and oxygen atoms in total. The zero-order valence-corrected chi connectivity index (χ0v) is 14.6. The third kappa shape index (κ3) is 5.90. The third-order valence-electron chi connectivity index (χ3n) is 4.27. The number of piperazine rings is 1. The van der Waals surface area contributed by atoms with Crippen molar-refractivity contribution in [1.82, 2.24) is 10.2 Å². The van der Waals surface area contributed by atoms with Gasteiger partial charge in [0.1, 0.15) is 5.75 Å². The molecule has 132 valence electrons. The SMILES string of the molecule is CCCC(C)[C@@H](c1ccc(OC(F)F)cc1)N1CCNCC1.Cl. The number of ether oxygens (including phenoxy) is 1. The van der Waals surface area contributed by atoms with E-state index in [4.69, 9.17) is 0 Å². The van der Waals surface area contributed by atoms with Crippen LogP contribution in [0.4, 0.5) is 8.78 Å². The van der Waals surface area contributed by atoms with Crippen molar-refractivity contribution in [2.45, 2.75) is 39.3 Å². The fourth-order valence-corrected chi connectivity index (χ4v) is 3.32. The molecule has 0 saturated carbocycles. The van der Waals surface area contributed by atoms with Gasteiger partial charge in [0.15, 0.2) is 0 Å². The molecular formula is C17H27ClF2N2O. The first-order valence-electron chi connectivity index (χ1n) is 8.11. The molecular weight excluding hydrogens is 322 g/mol. The Labute approximate surface area is 143 Å². The topological polar surface area (TPSA) is 24.5 Å².